The molecule has 0 fully saturated rings. The number of imidazole rings is 1. The van der Waals surface area contributed by atoms with Gasteiger partial charge in [0.25, 0.3) is 0 Å². The van der Waals surface area contributed by atoms with Gasteiger partial charge in [-0.2, -0.15) is 13.2 Å². The van der Waals surface area contributed by atoms with Gasteiger partial charge in [-0.1, -0.05) is 0 Å². The summed E-state index contributed by atoms with van der Waals surface area (Å²) in [6.45, 7) is 0.469. The van der Waals surface area contributed by atoms with Crippen LogP contribution >= 0.6 is 0 Å². The first kappa shape index (κ1) is 9.69. The van der Waals surface area contributed by atoms with Crippen LogP contribution in [0.3, 0.4) is 0 Å². The summed E-state index contributed by atoms with van der Waals surface area (Å²) >= 11 is 0. The van der Waals surface area contributed by atoms with Crippen molar-refractivity contribution in [3.63, 3.8) is 0 Å². The minimum absolute atomic E-state index is 0.0369. The second-order valence-electron chi connectivity index (χ2n) is 2.55. The molecule has 0 spiro atoms. The van der Waals surface area contributed by atoms with Gasteiger partial charge in [0.1, 0.15) is 18.2 Å². The van der Waals surface area contributed by atoms with Crippen LogP contribution in [0.25, 0.3) is 0 Å². The van der Waals surface area contributed by atoms with Crippen molar-refractivity contribution in [1.82, 2.24) is 9.97 Å². The van der Waals surface area contributed by atoms with Crippen molar-refractivity contribution in [2.45, 2.75) is 13.1 Å². The molecule has 0 aliphatic heterocycles. The first-order valence-corrected chi connectivity index (χ1v) is 3.51. The van der Waals surface area contributed by atoms with Gasteiger partial charge in [0.2, 0.25) is 0 Å². The van der Waals surface area contributed by atoms with Crippen LogP contribution in [0.15, 0.2) is 0 Å². The molecule has 1 heterocycles. The molecule has 0 bridgehead atoms. The number of nitrogens with two attached hydrogens (primary N) is 1. The molecule has 4 nitrogen and oxygen atoms in total. The van der Waals surface area contributed by atoms with E-state index >= 15 is 0 Å². The molecule has 1 aromatic heterocycles. The van der Waals surface area contributed by atoms with Crippen LogP contribution in [-0.4, -0.2) is 22.7 Å². The molecule has 0 saturated carbocycles. The van der Waals surface area contributed by atoms with Crippen molar-refractivity contribution in [3.8, 4) is 0 Å². The van der Waals surface area contributed by atoms with Crippen molar-refractivity contribution in [2.24, 2.45) is 0 Å². The number of aryl methyl sites for hydroxylation is 1. The van der Waals surface area contributed by atoms with Crippen LogP contribution < -0.4 is 11.1 Å². The highest BCUT2D eigenvalue weighted by molar-refractivity contribution is 5.56. The minimum Gasteiger partial charge on any atom is -0.382 e. The zero-order valence-corrected chi connectivity index (χ0v) is 6.87. The monoisotopic (exact) mass is 194 g/mol. The molecule has 4 N–H and O–H groups in total. The Labute approximate surface area is 72.3 Å². The first-order chi connectivity index (χ1) is 5.88. The van der Waals surface area contributed by atoms with Crippen LogP contribution in [0.1, 0.15) is 5.82 Å². The number of halogens is 3. The van der Waals surface area contributed by atoms with Crippen molar-refractivity contribution < 1.29 is 13.2 Å². The number of nitrogens with zero attached hydrogens (tertiary/aromatic N) is 1. The molecule has 0 aliphatic carbocycles. The van der Waals surface area contributed by atoms with Gasteiger partial charge in [0.05, 0.1) is 0 Å². The van der Waals surface area contributed by atoms with Crippen LogP contribution in [0.4, 0.5) is 24.8 Å². The third-order valence-corrected chi connectivity index (χ3v) is 1.31. The summed E-state index contributed by atoms with van der Waals surface area (Å²) in [5.74, 6) is 0.624. The van der Waals surface area contributed by atoms with Gasteiger partial charge >= 0.3 is 6.18 Å². The number of nitrogens with one attached hydrogen (secondary N) is 2. The Kier molecular flexibility index (Phi) is 2.35. The average molecular weight is 194 g/mol. The molecule has 13 heavy (non-hydrogen) atoms. The van der Waals surface area contributed by atoms with Crippen molar-refractivity contribution >= 4 is 11.6 Å². The minimum atomic E-state index is -4.26. The van der Waals surface area contributed by atoms with E-state index in [2.05, 4.69) is 15.3 Å². The maximum absolute atomic E-state index is 11.7. The third-order valence-electron chi connectivity index (χ3n) is 1.31. The molecule has 1 rings (SSSR count). The van der Waals surface area contributed by atoms with E-state index < -0.39 is 12.7 Å². The van der Waals surface area contributed by atoms with E-state index in [1.54, 1.807) is 6.92 Å². The lowest BCUT2D eigenvalue weighted by atomic mass is 10.5. The molecular weight excluding hydrogens is 185 g/mol. The Morgan fingerprint density at radius 1 is 1.54 bits per heavy atom. The number of nitrogen functional groups attached to an aromatic ring is 1. The fraction of sp³-hybridized carbons (Fsp3) is 0.500. The summed E-state index contributed by atoms with van der Waals surface area (Å²) in [7, 11) is 0. The zero-order valence-electron chi connectivity index (χ0n) is 6.87. The first-order valence-electron chi connectivity index (χ1n) is 3.51. The maximum Gasteiger partial charge on any atom is 0.405 e. The zero-order chi connectivity index (χ0) is 10.1. The molecular formula is C6H9F3N4. The molecule has 0 aromatic carbocycles. The second-order valence-corrected chi connectivity index (χ2v) is 2.55. The van der Waals surface area contributed by atoms with Gasteiger partial charge in [-0.15, -0.1) is 0 Å². The standard InChI is InChI=1S/C6H9F3N4/c1-3-12-4(10)5(13-3)11-2-6(7,8)9/h11H,2,10H2,1H3,(H,12,13). The summed E-state index contributed by atoms with van der Waals surface area (Å²) < 4.78 is 35.2. The van der Waals surface area contributed by atoms with Crippen LogP contribution in [0.2, 0.25) is 0 Å². The molecule has 0 aliphatic rings. The Morgan fingerprint density at radius 2 is 2.15 bits per heavy atom. The van der Waals surface area contributed by atoms with Crippen molar-refractivity contribution in [3.05, 3.63) is 5.82 Å². The fourth-order valence-electron chi connectivity index (χ4n) is 0.829. The molecule has 0 saturated heterocycles. The predicted octanol–water partition coefficient (Wildman–Crippen LogP) is 1.27. The summed E-state index contributed by atoms with van der Waals surface area (Å²) in [6.07, 6.45) is -4.26. The number of aromatic nitrogens is 2. The van der Waals surface area contributed by atoms with Gasteiger partial charge < -0.3 is 16.0 Å². The smallest absolute Gasteiger partial charge is 0.382 e. The Bertz CT molecular complexity index is 291. The Balaban J connectivity index is 2.59. The number of anilines is 2. The van der Waals surface area contributed by atoms with Crippen LogP contribution in [0, 0.1) is 6.92 Å². The summed E-state index contributed by atoms with van der Waals surface area (Å²) in [6, 6.07) is 0. The van der Waals surface area contributed by atoms with Gasteiger partial charge in [-0.05, 0) is 6.92 Å². The maximum atomic E-state index is 11.7. The molecule has 1 aromatic rings. The predicted molar refractivity (Wildman–Crippen MR) is 42.3 cm³/mol. The number of alkyl halides is 3. The number of aromatic amines is 1. The van der Waals surface area contributed by atoms with Crippen molar-refractivity contribution in [1.29, 1.82) is 0 Å². The van der Waals surface area contributed by atoms with E-state index in [1.807, 2.05) is 0 Å². The average Bonchev–Trinajstić information content (AvgIpc) is 2.24. The number of hydrogen-bond acceptors (Lipinski definition) is 3. The highest BCUT2D eigenvalue weighted by Crippen LogP contribution is 2.18. The summed E-state index contributed by atoms with van der Waals surface area (Å²) in [5, 5.41) is 2.08. The normalized spacial score (nSPS) is 11.7. The number of rotatable bonds is 2. The molecule has 0 radical (unpaired) electrons. The number of hydrogen-bond donors (Lipinski definition) is 3. The van der Waals surface area contributed by atoms with E-state index in [0.29, 0.717) is 5.82 Å². The summed E-state index contributed by atoms with van der Waals surface area (Å²) in [5.41, 5.74) is 5.32. The molecule has 74 valence electrons. The van der Waals surface area contributed by atoms with Gasteiger partial charge in [-0.25, -0.2) is 4.98 Å². The Morgan fingerprint density at radius 3 is 2.54 bits per heavy atom. The quantitative estimate of drug-likeness (QED) is 0.664. The largest absolute Gasteiger partial charge is 0.405 e. The lowest BCUT2D eigenvalue weighted by molar-refractivity contribution is -0.115. The van der Waals surface area contributed by atoms with Crippen molar-refractivity contribution in [2.75, 3.05) is 17.6 Å². The molecule has 0 atom stereocenters. The van der Waals surface area contributed by atoms with Gasteiger partial charge in [0.15, 0.2) is 5.82 Å². The highest BCUT2D eigenvalue weighted by atomic mass is 19.4. The van der Waals surface area contributed by atoms with Gasteiger partial charge in [0, 0.05) is 0 Å². The fourth-order valence-corrected chi connectivity index (χ4v) is 0.829. The summed E-state index contributed by atoms with van der Waals surface area (Å²) in [4.78, 5) is 6.30. The topological polar surface area (TPSA) is 66.7 Å². The Hall–Kier alpha value is -1.40. The third kappa shape index (κ3) is 2.85. The second kappa shape index (κ2) is 3.15. The molecule has 0 amide bonds. The van der Waals surface area contributed by atoms with Crippen LogP contribution in [0.5, 0.6) is 0 Å². The molecule has 7 heteroatoms. The van der Waals surface area contributed by atoms with E-state index in [-0.39, 0.29) is 11.6 Å². The number of H-pyrrole nitrogens is 1. The molecule has 0 unspecified atom stereocenters. The SMILES string of the molecule is Cc1nc(NCC(F)(F)F)c(N)[nH]1. The van der Waals surface area contributed by atoms with E-state index in [0.717, 1.165) is 0 Å². The lowest BCUT2D eigenvalue weighted by Crippen LogP contribution is -2.21. The van der Waals surface area contributed by atoms with Gasteiger partial charge in [-0.3, -0.25) is 0 Å². The highest BCUT2D eigenvalue weighted by Gasteiger charge is 2.27. The van der Waals surface area contributed by atoms with E-state index in [1.165, 1.54) is 0 Å². The van der Waals surface area contributed by atoms with E-state index in [9.17, 15) is 13.2 Å². The van der Waals surface area contributed by atoms with Crippen LogP contribution in [-0.2, 0) is 0 Å². The van der Waals surface area contributed by atoms with E-state index in [4.69, 9.17) is 5.73 Å². The lowest BCUT2D eigenvalue weighted by Gasteiger charge is -2.06.